The van der Waals surface area contributed by atoms with Gasteiger partial charge in [-0.3, -0.25) is 0 Å². The first-order valence-electron chi connectivity index (χ1n) is 6.31. The van der Waals surface area contributed by atoms with E-state index in [0.29, 0.717) is 5.02 Å². The molecule has 1 aromatic heterocycles. The van der Waals surface area contributed by atoms with Gasteiger partial charge in [-0.05, 0) is 48.4 Å². The Hall–Kier alpha value is -1.29. The molecule has 2 aromatic carbocycles. The van der Waals surface area contributed by atoms with Gasteiger partial charge in [0, 0.05) is 14.9 Å². The van der Waals surface area contributed by atoms with Gasteiger partial charge in [-0.15, -0.1) is 0 Å². The molecule has 0 radical (unpaired) electrons. The van der Waals surface area contributed by atoms with Crippen molar-refractivity contribution in [3.8, 4) is 0 Å². The Kier molecular flexibility index (Phi) is 3.83. The van der Waals surface area contributed by atoms with E-state index in [-0.39, 0.29) is 6.04 Å². The molecule has 3 rings (SSSR count). The lowest BCUT2D eigenvalue weighted by Gasteiger charge is -2.08. The smallest absolute Gasteiger partial charge is 0.134 e. The van der Waals surface area contributed by atoms with Crippen LogP contribution in [0.3, 0.4) is 0 Å². The summed E-state index contributed by atoms with van der Waals surface area (Å²) in [4.78, 5) is 0. The van der Waals surface area contributed by atoms with Gasteiger partial charge in [0.15, 0.2) is 0 Å². The van der Waals surface area contributed by atoms with Crippen molar-refractivity contribution in [1.82, 2.24) is 0 Å². The molecular weight excluding hydrogens is 338 g/mol. The number of nitrogens with two attached hydrogens (primary N) is 1. The number of benzene rings is 2. The van der Waals surface area contributed by atoms with Crippen LogP contribution in [-0.4, -0.2) is 0 Å². The zero-order valence-corrected chi connectivity index (χ0v) is 13.0. The van der Waals surface area contributed by atoms with E-state index >= 15 is 0 Å². The average molecular weight is 351 g/mol. The topological polar surface area (TPSA) is 39.2 Å². The van der Waals surface area contributed by atoms with Crippen molar-refractivity contribution < 1.29 is 4.42 Å². The number of hydrogen-bond acceptors (Lipinski definition) is 2. The van der Waals surface area contributed by atoms with E-state index in [4.69, 9.17) is 21.8 Å². The predicted octanol–water partition coefficient (Wildman–Crippen LogP) is 5.09. The normalized spacial score (nSPS) is 12.8. The van der Waals surface area contributed by atoms with Crippen LogP contribution < -0.4 is 5.73 Å². The van der Waals surface area contributed by atoms with E-state index in [2.05, 4.69) is 28.1 Å². The molecule has 102 valence electrons. The molecule has 1 heterocycles. The van der Waals surface area contributed by atoms with E-state index in [1.165, 1.54) is 5.56 Å². The van der Waals surface area contributed by atoms with Crippen molar-refractivity contribution in [2.45, 2.75) is 12.5 Å². The van der Waals surface area contributed by atoms with E-state index < -0.39 is 0 Å². The van der Waals surface area contributed by atoms with Crippen LogP contribution in [0.2, 0.25) is 5.02 Å². The van der Waals surface area contributed by atoms with Gasteiger partial charge >= 0.3 is 0 Å². The highest BCUT2D eigenvalue weighted by Gasteiger charge is 2.13. The van der Waals surface area contributed by atoms with Gasteiger partial charge in [-0.25, -0.2) is 0 Å². The first-order chi connectivity index (χ1) is 9.61. The molecule has 1 atom stereocenters. The highest BCUT2D eigenvalue weighted by molar-refractivity contribution is 9.10. The van der Waals surface area contributed by atoms with Crippen molar-refractivity contribution in [2.75, 3.05) is 0 Å². The van der Waals surface area contributed by atoms with E-state index in [1.54, 1.807) is 0 Å². The van der Waals surface area contributed by atoms with Crippen molar-refractivity contribution in [1.29, 1.82) is 0 Å². The van der Waals surface area contributed by atoms with Crippen LogP contribution in [0.1, 0.15) is 17.4 Å². The Labute approximate surface area is 130 Å². The van der Waals surface area contributed by atoms with Crippen molar-refractivity contribution in [2.24, 2.45) is 5.73 Å². The Bertz CT molecular complexity index is 736. The third-order valence-corrected chi connectivity index (χ3v) is 4.00. The Morgan fingerprint density at radius 1 is 1.10 bits per heavy atom. The number of fused-ring (bicyclic) bond motifs is 1. The van der Waals surface area contributed by atoms with E-state index in [0.717, 1.165) is 27.6 Å². The molecule has 0 amide bonds. The summed E-state index contributed by atoms with van der Waals surface area (Å²) in [5, 5.41) is 1.69. The van der Waals surface area contributed by atoms with Gasteiger partial charge in [0.2, 0.25) is 0 Å². The summed E-state index contributed by atoms with van der Waals surface area (Å²) in [6.07, 6.45) is 0.737. The third kappa shape index (κ3) is 2.90. The summed E-state index contributed by atoms with van der Waals surface area (Å²) in [5.74, 6) is 0.783. The van der Waals surface area contributed by atoms with Crippen LogP contribution in [0.4, 0.5) is 0 Å². The van der Waals surface area contributed by atoms with Gasteiger partial charge < -0.3 is 10.2 Å². The molecule has 0 saturated carbocycles. The number of furan rings is 1. The van der Waals surface area contributed by atoms with Gasteiger partial charge in [0.25, 0.3) is 0 Å². The zero-order valence-electron chi connectivity index (χ0n) is 10.6. The molecule has 0 aliphatic carbocycles. The summed E-state index contributed by atoms with van der Waals surface area (Å²) < 4.78 is 6.85. The first kappa shape index (κ1) is 13.7. The highest BCUT2D eigenvalue weighted by atomic mass is 79.9. The van der Waals surface area contributed by atoms with Gasteiger partial charge in [-0.2, -0.15) is 0 Å². The fourth-order valence-corrected chi connectivity index (χ4v) is 2.64. The lowest BCUT2D eigenvalue weighted by molar-refractivity contribution is 0.494. The molecule has 1 unspecified atom stereocenters. The minimum Gasteiger partial charge on any atom is -0.459 e. The molecule has 0 aliphatic rings. The summed E-state index contributed by atoms with van der Waals surface area (Å²) in [5.41, 5.74) is 8.22. The van der Waals surface area contributed by atoms with Crippen LogP contribution in [0.25, 0.3) is 11.0 Å². The monoisotopic (exact) mass is 349 g/mol. The lowest BCUT2D eigenvalue weighted by atomic mass is 10.0. The number of rotatable bonds is 3. The van der Waals surface area contributed by atoms with Gasteiger partial charge in [0.1, 0.15) is 11.3 Å². The second-order valence-electron chi connectivity index (χ2n) is 4.77. The van der Waals surface area contributed by atoms with Crippen molar-refractivity contribution in [3.63, 3.8) is 0 Å². The maximum absolute atomic E-state index is 6.23. The maximum atomic E-state index is 6.23. The molecule has 2 nitrogen and oxygen atoms in total. The predicted molar refractivity (Wildman–Crippen MR) is 86.0 cm³/mol. The fraction of sp³-hybridized carbons (Fsp3) is 0.125. The second kappa shape index (κ2) is 5.60. The Morgan fingerprint density at radius 2 is 1.85 bits per heavy atom. The molecule has 3 aromatic rings. The van der Waals surface area contributed by atoms with Crippen LogP contribution in [-0.2, 0) is 6.42 Å². The molecule has 0 saturated heterocycles. The van der Waals surface area contributed by atoms with Crippen LogP contribution in [0.15, 0.2) is 57.4 Å². The summed E-state index contributed by atoms with van der Waals surface area (Å²) in [6, 6.07) is 15.5. The maximum Gasteiger partial charge on any atom is 0.134 e. The minimum atomic E-state index is -0.164. The van der Waals surface area contributed by atoms with E-state index in [9.17, 15) is 0 Å². The summed E-state index contributed by atoms with van der Waals surface area (Å²) in [6.45, 7) is 0. The van der Waals surface area contributed by atoms with Crippen molar-refractivity contribution >= 4 is 38.5 Å². The summed E-state index contributed by atoms with van der Waals surface area (Å²) >= 11 is 9.40. The third-order valence-electron chi connectivity index (χ3n) is 3.23. The largest absolute Gasteiger partial charge is 0.459 e. The van der Waals surface area contributed by atoms with Gasteiger partial charge in [0.05, 0.1) is 6.04 Å². The molecule has 2 N–H and O–H groups in total. The highest BCUT2D eigenvalue weighted by Crippen LogP contribution is 2.27. The molecule has 0 spiro atoms. The number of hydrogen-bond donors (Lipinski definition) is 1. The summed E-state index contributed by atoms with van der Waals surface area (Å²) in [7, 11) is 0. The zero-order chi connectivity index (χ0) is 14.1. The van der Waals surface area contributed by atoms with Crippen LogP contribution in [0, 0.1) is 0 Å². The fourth-order valence-electron chi connectivity index (χ4n) is 2.19. The lowest BCUT2D eigenvalue weighted by Crippen LogP contribution is -2.12. The molecule has 20 heavy (non-hydrogen) atoms. The van der Waals surface area contributed by atoms with Crippen molar-refractivity contribution in [3.05, 3.63) is 69.3 Å². The Balaban J connectivity index is 1.84. The quantitative estimate of drug-likeness (QED) is 0.714. The molecule has 0 aliphatic heterocycles. The SMILES string of the molecule is NC(Cc1ccc(Br)cc1)c1cc2cc(Cl)ccc2o1. The first-order valence-corrected chi connectivity index (χ1v) is 7.48. The van der Waals surface area contributed by atoms with Crippen LogP contribution in [0.5, 0.6) is 0 Å². The molecular formula is C16H13BrClNO. The standard InChI is InChI=1S/C16H13BrClNO/c17-12-3-1-10(2-4-12)7-14(19)16-9-11-8-13(18)5-6-15(11)20-16/h1-6,8-9,14H,7,19H2. The second-order valence-corrected chi connectivity index (χ2v) is 6.12. The molecule has 4 heteroatoms. The molecule has 0 bridgehead atoms. The molecule has 0 fully saturated rings. The average Bonchev–Trinajstić information content (AvgIpc) is 2.84. The van der Waals surface area contributed by atoms with Gasteiger partial charge in [-0.1, -0.05) is 39.7 Å². The minimum absolute atomic E-state index is 0.164. The Morgan fingerprint density at radius 3 is 2.60 bits per heavy atom. The number of halogens is 2. The van der Waals surface area contributed by atoms with E-state index in [1.807, 2.05) is 36.4 Å². The van der Waals surface area contributed by atoms with Crippen LogP contribution >= 0.6 is 27.5 Å².